The summed E-state index contributed by atoms with van der Waals surface area (Å²) in [5.74, 6) is 6.30. The summed E-state index contributed by atoms with van der Waals surface area (Å²) in [6, 6.07) is 8.81. The minimum atomic E-state index is -0.724. The summed E-state index contributed by atoms with van der Waals surface area (Å²) in [4.78, 5) is 11.4. The van der Waals surface area contributed by atoms with Crippen LogP contribution in [-0.2, 0) is 4.74 Å². The second kappa shape index (κ2) is 8.19. The SMILES string of the molecule is CCCCC#CC(C)OC(=O)Oc1ccccc1. The van der Waals surface area contributed by atoms with E-state index in [2.05, 4.69) is 18.8 Å². The van der Waals surface area contributed by atoms with Gasteiger partial charge in [0.1, 0.15) is 5.75 Å². The molecule has 0 aromatic heterocycles. The number of hydrogen-bond donors (Lipinski definition) is 0. The van der Waals surface area contributed by atoms with Gasteiger partial charge in [0, 0.05) is 6.42 Å². The Hall–Kier alpha value is -1.95. The van der Waals surface area contributed by atoms with Crippen LogP contribution >= 0.6 is 0 Å². The van der Waals surface area contributed by atoms with E-state index >= 15 is 0 Å². The van der Waals surface area contributed by atoms with Gasteiger partial charge in [0.05, 0.1) is 0 Å². The van der Waals surface area contributed by atoms with Gasteiger partial charge in [-0.3, -0.25) is 0 Å². The Morgan fingerprint density at radius 1 is 1.33 bits per heavy atom. The van der Waals surface area contributed by atoms with Crippen molar-refractivity contribution in [3.63, 3.8) is 0 Å². The molecule has 0 spiro atoms. The average Bonchev–Trinajstić information content (AvgIpc) is 2.35. The van der Waals surface area contributed by atoms with E-state index in [1.54, 1.807) is 31.2 Å². The highest BCUT2D eigenvalue weighted by atomic mass is 16.7. The number of carbonyl (C=O) groups is 1. The third-order valence-electron chi connectivity index (χ3n) is 2.18. The zero-order valence-corrected chi connectivity index (χ0v) is 10.8. The molecule has 0 amide bonds. The number of benzene rings is 1. The van der Waals surface area contributed by atoms with Crippen LogP contribution < -0.4 is 4.74 Å². The Bertz CT molecular complexity index is 414. The van der Waals surface area contributed by atoms with Gasteiger partial charge in [-0.2, -0.15) is 0 Å². The fraction of sp³-hybridized carbons (Fsp3) is 0.400. The average molecular weight is 246 g/mol. The summed E-state index contributed by atoms with van der Waals surface area (Å²) < 4.78 is 9.98. The van der Waals surface area contributed by atoms with Crippen LogP contribution in [0.15, 0.2) is 30.3 Å². The molecule has 1 rings (SSSR count). The van der Waals surface area contributed by atoms with Crippen LogP contribution in [0.1, 0.15) is 33.1 Å². The molecule has 1 atom stereocenters. The molecule has 0 aliphatic carbocycles. The highest BCUT2D eigenvalue weighted by Gasteiger charge is 2.08. The van der Waals surface area contributed by atoms with Gasteiger partial charge < -0.3 is 9.47 Å². The van der Waals surface area contributed by atoms with Crippen molar-refractivity contribution in [1.29, 1.82) is 0 Å². The smallest absolute Gasteiger partial charge is 0.418 e. The van der Waals surface area contributed by atoms with Crippen molar-refractivity contribution in [3.05, 3.63) is 30.3 Å². The summed E-state index contributed by atoms with van der Waals surface area (Å²) in [5, 5.41) is 0. The maximum atomic E-state index is 11.4. The molecule has 3 heteroatoms. The van der Waals surface area contributed by atoms with E-state index in [9.17, 15) is 4.79 Å². The van der Waals surface area contributed by atoms with E-state index in [4.69, 9.17) is 9.47 Å². The molecule has 0 aliphatic heterocycles. The van der Waals surface area contributed by atoms with Gasteiger partial charge in [-0.15, -0.1) is 0 Å². The van der Waals surface area contributed by atoms with E-state index < -0.39 is 12.3 Å². The van der Waals surface area contributed by atoms with Crippen molar-refractivity contribution in [3.8, 4) is 17.6 Å². The maximum absolute atomic E-state index is 11.4. The first-order valence-electron chi connectivity index (χ1n) is 6.14. The molecule has 18 heavy (non-hydrogen) atoms. The molecule has 0 radical (unpaired) electrons. The van der Waals surface area contributed by atoms with Crippen LogP contribution in [0.4, 0.5) is 4.79 Å². The summed E-state index contributed by atoms with van der Waals surface area (Å²) >= 11 is 0. The number of ether oxygens (including phenoxy) is 2. The lowest BCUT2D eigenvalue weighted by Gasteiger charge is -2.07. The predicted molar refractivity (Wildman–Crippen MR) is 70.3 cm³/mol. The van der Waals surface area contributed by atoms with Gasteiger partial charge in [0.2, 0.25) is 0 Å². The van der Waals surface area contributed by atoms with E-state index in [1.165, 1.54) is 0 Å². The van der Waals surface area contributed by atoms with Crippen LogP contribution in [0.5, 0.6) is 5.75 Å². The lowest BCUT2D eigenvalue weighted by Crippen LogP contribution is -2.16. The van der Waals surface area contributed by atoms with E-state index in [0.717, 1.165) is 19.3 Å². The molecule has 3 nitrogen and oxygen atoms in total. The van der Waals surface area contributed by atoms with Crippen LogP contribution in [0.3, 0.4) is 0 Å². The van der Waals surface area contributed by atoms with Crippen molar-refractivity contribution < 1.29 is 14.3 Å². The topological polar surface area (TPSA) is 35.5 Å². The fourth-order valence-electron chi connectivity index (χ4n) is 1.26. The van der Waals surface area contributed by atoms with Gasteiger partial charge in [0.15, 0.2) is 6.10 Å². The second-order valence-electron chi connectivity index (χ2n) is 3.85. The molecule has 0 saturated heterocycles. The molecule has 0 bridgehead atoms. The Kier molecular flexibility index (Phi) is 6.42. The normalized spacial score (nSPS) is 11.0. The largest absolute Gasteiger partial charge is 0.515 e. The monoisotopic (exact) mass is 246 g/mol. The van der Waals surface area contributed by atoms with Crippen molar-refractivity contribution in [1.82, 2.24) is 0 Å². The molecule has 0 saturated carbocycles. The van der Waals surface area contributed by atoms with Gasteiger partial charge in [-0.05, 0) is 25.5 Å². The number of para-hydroxylation sites is 1. The van der Waals surface area contributed by atoms with Gasteiger partial charge >= 0.3 is 6.16 Å². The van der Waals surface area contributed by atoms with Gasteiger partial charge in [0.25, 0.3) is 0 Å². The lowest BCUT2D eigenvalue weighted by molar-refractivity contribution is 0.0852. The molecule has 1 unspecified atom stereocenters. The van der Waals surface area contributed by atoms with Crippen LogP contribution in [0.25, 0.3) is 0 Å². The summed E-state index contributed by atoms with van der Waals surface area (Å²) in [5.41, 5.74) is 0. The first kappa shape index (κ1) is 14.1. The van der Waals surface area contributed by atoms with Crippen molar-refractivity contribution in [2.45, 2.75) is 39.2 Å². The molecule has 1 aromatic carbocycles. The standard InChI is InChI=1S/C15H18O3/c1-3-4-5-7-10-13(2)17-15(16)18-14-11-8-6-9-12-14/h6,8-9,11-13H,3-5H2,1-2H3. The summed E-state index contributed by atoms with van der Waals surface area (Å²) in [6.07, 6.45) is 1.84. The molecule has 96 valence electrons. The van der Waals surface area contributed by atoms with E-state index in [1.807, 2.05) is 6.07 Å². The number of carbonyl (C=O) groups excluding carboxylic acids is 1. The van der Waals surface area contributed by atoms with Crippen molar-refractivity contribution >= 4 is 6.16 Å². The van der Waals surface area contributed by atoms with Gasteiger partial charge in [-0.1, -0.05) is 43.4 Å². The highest BCUT2D eigenvalue weighted by molar-refractivity contribution is 5.64. The quantitative estimate of drug-likeness (QED) is 0.351. The zero-order chi connectivity index (χ0) is 13.2. The molecular formula is C15H18O3. The second-order valence-corrected chi connectivity index (χ2v) is 3.85. The number of rotatable bonds is 4. The summed E-state index contributed by atoms with van der Waals surface area (Å²) in [6.45, 7) is 3.84. The fourth-order valence-corrected chi connectivity index (χ4v) is 1.26. The first-order valence-corrected chi connectivity index (χ1v) is 6.14. The zero-order valence-electron chi connectivity index (χ0n) is 10.8. The van der Waals surface area contributed by atoms with Crippen LogP contribution in [0, 0.1) is 11.8 Å². The third-order valence-corrected chi connectivity index (χ3v) is 2.18. The van der Waals surface area contributed by atoms with Crippen molar-refractivity contribution in [2.75, 3.05) is 0 Å². The number of unbranched alkanes of at least 4 members (excludes halogenated alkanes) is 2. The Morgan fingerprint density at radius 3 is 2.72 bits per heavy atom. The first-order chi connectivity index (χ1) is 8.72. The predicted octanol–water partition coefficient (Wildman–Crippen LogP) is 3.78. The Morgan fingerprint density at radius 2 is 2.06 bits per heavy atom. The van der Waals surface area contributed by atoms with Crippen LogP contribution in [-0.4, -0.2) is 12.3 Å². The summed E-state index contributed by atoms with van der Waals surface area (Å²) in [7, 11) is 0. The molecule has 1 aromatic rings. The molecular weight excluding hydrogens is 228 g/mol. The number of hydrogen-bond acceptors (Lipinski definition) is 3. The molecule has 0 N–H and O–H groups in total. The van der Waals surface area contributed by atoms with Crippen molar-refractivity contribution in [2.24, 2.45) is 0 Å². The molecule has 0 heterocycles. The molecule has 0 aliphatic rings. The van der Waals surface area contributed by atoms with Gasteiger partial charge in [-0.25, -0.2) is 4.79 Å². The minimum absolute atomic E-state index is 0.446. The van der Waals surface area contributed by atoms with E-state index in [0.29, 0.717) is 5.75 Å². The Labute approximate surface area is 108 Å². The van der Waals surface area contributed by atoms with Crippen LogP contribution in [0.2, 0.25) is 0 Å². The highest BCUT2D eigenvalue weighted by Crippen LogP contribution is 2.09. The third kappa shape index (κ3) is 5.95. The minimum Gasteiger partial charge on any atom is -0.418 e. The Balaban J connectivity index is 2.33. The maximum Gasteiger partial charge on any atom is 0.515 e. The van der Waals surface area contributed by atoms with E-state index in [-0.39, 0.29) is 0 Å². The molecule has 0 fully saturated rings. The lowest BCUT2D eigenvalue weighted by atomic mass is 10.2.